The topological polar surface area (TPSA) is 36.4 Å². The fourth-order valence-electron chi connectivity index (χ4n) is 3.12. The molecule has 2 heterocycles. The van der Waals surface area contributed by atoms with Gasteiger partial charge in [0.15, 0.2) is 0 Å². The Morgan fingerprint density at radius 1 is 1.15 bits per heavy atom. The van der Waals surface area contributed by atoms with Crippen LogP contribution in [0, 0.1) is 6.92 Å². The van der Waals surface area contributed by atoms with E-state index in [4.69, 9.17) is 0 Å². The maximum Gasteiger partial charge on any atom is 0.401 e. The van der Waals surface area contributed by atoms with E-state index in [1.54, 1.807) is 4.90 Å². The lowest BCUT2D eigenvalue weighted by Gasteiger charge is -2.22. The van der Waals surface area contributed by atoms with Crippen LogP contribution in [0.3, 0.4) is 0 Å². The predicted molar refractivity (Wildman–Crippen MR) is 99.7 cm³/mol. The first-order valence-electron chi connectivity index (χ1n) is 8.88. The molecule has 3 rings (SSSR count). The molecule has 1 saturated heterocycles. The highest BCUT2D eigenvalue weighted by Crippen LogP contribution is 2.24. The van der Waals surface area contributed by atoms with E-state index in [1.165, 1.54) is 21.8 Å². The molecule has 1 aliphatic heterocycles. The van der Waals surface area contributed by atoms with Crippen molar-refractivity contribution in [1.82, 2.24) is 14.8 Å². The molecule has 2 aromatic rings. The number of carbonyl (C=O) groups excluding carboxylic acids is 1. The molecule has 8 heteroatoms. The van der Waals surface area contributed by atoms with Crippen LogP contribution in [0.5, 0.6) is 0 Å². The minimum atomic E-state index is -4.20. The van der Waals surface area contributed by atoms with Crippen LogP contribution < -0.4 is 0 Å². The smallest absolute Gasteiger partial charge is 0.341 e. The Morgan fingerprint density at radius 2 is 1.89 bits per heavy atom. The SMILES string of the molecule is Cc1ccc(-c2nc(CC(=O)N3CCCN(CC(F)(F)F)CC3)cs2)cc1. The summed E-state index contributed by atoms with van der Waals surface area (Å²) in [6.45, 7) is 2.52. The minimum absolute atomic E-state index is 0.0791. The van der Waals surface area contributed by atoms with Gasteiger partial charge in [0.05, 0.1) is 18.7 Å². The maximum absolute atomic E-state index is 12.6. The lowest BCUT2D eigenvalue weighted by atomic mass is 10.2. The van der Waals surface area contributed by atoms with Crippen molar-refractivity contribution < 1.29 is 18.0 Å². The summed E-state index contributed by atoms with van der Waals surface area (Å²) in [6.07, 6.45) is -3.47. The van der Waals surface area contributed by atoms with Crippen LogP contribution in [0.1, 0.15) is 17.7 Å². The summed E-state index contributed by atoms with van der Waals surface area (Å²) in [5.41, 5.74) is 2.89. The first kappa shape index (κ1) is 19.8. The van der Waals surface area contributed by atoms with E-state index < -0.39 is 12.7 Å². The van der Waals surface area contributed by atoms with Crippen LogP contribution in [-0.2, 0) is 11.2 Å². The number of benzene rings is 1. The molecule has 1 aromatic carbocycles. The lowest BCUT2D eigenvalue weighted by molar-refractivity contribution is -0.145. The van der Waals surface area contributed by atoms with Gasteiger partial charge in [0, 0.05) is 37.1 Å². The van der Waals surface area contributed by atoms with Crippen molar-refractivity contribution in [3.63, 3.8) is 0 Å². The Hall–Kier alpha value is -1.93. The average molecular weight is 397 g/mol. The second-order valence-electron chi connectivity index (χ2n) is 6.81. The standard InChI is InChI=1S/C19H22F3N3OS/c1-14-3-5-15(6-4-14)18-23-16(12-27-18)11-17(26)25-8-2-7-24(9-10-25)13-19(20,21)22/h3-6,12H,2,7-11,13H2,1H3. The Kier molecular flexibility index (Phi) is 6.16. The van der Waals surface area contributed by atoms with E-state index in [0.29, 0.717) is 31.7 Å². The average Bonchev–Trinajstić information content (AvgIpc) is 2.93. The van der Waals surface area contributed by atoms with Gasteiger partial charge in [-0.05, 0) is 13.3 Å². The highest BCUT2D eigenvalue weighted by Gasteiger charge is 2.31. The zero-order chi connectivity index (χ0) is 19.4. The van der Waals surface area contributed by atoms with Crippen LogP contribution in [0.4, 0.5) is 13.2 Å². The molecule has 1 aliphatic rings. The number of alkyl halides is 3. The van der Waals surface area contributed by atoms with Crippen molar-refractivity contribution in [2.75, 3.05) is 32.7 Å². The molecule has 0 N–H and O–H groups in total. The molecule has 0 aliphatic carbocycles. The number of amides is 1. The van der Waals surface area contributed by atoms with Crippen molar-refractivity contribution in [2.45, 2.75) is 25.9 Å². The number of rotatable bonds is 4. The summed E-state index contributed by atoms with van der Waals surface area (Å²) in [6, 6.07) is 8.05. The summed E-state index contributed by atoms with van der Waals surface area (Å²) in [4.78, 5) is 20.1. The van der Waals surface area contributed by atoms with E-state index in [1.807, 2.05) is 36.6 Å². The van der Waals surface area contributed by atoms with E-state index in [9.17, 15) is 18.0 Å². The third-order valence-corrected chi connectivity index (χ3v) is 5.47. The Labute approximate surface area is 160 Å². The van der Waals surface area contributed by atoms with Gasteiger partial charge in [-0.25, -0.2) is 4.98 Å². The van der Waals surface area contributed by atoms with E-state index in [2.05, 4.69) is 4.98 Å². The van der Waals surface area contributed by atoms with Crippen LogP contribution in [0.2, 0.25) is 0 Å². The van der Waals surface area contributed by atoms with Gasteiger partial charge in [0.2, 0.25) is 5.91 Å². The third kappa shape index (κ3) is 5.77. The molecular formula is C19H22F3N3OS. The zero-order valence-electron chi connectivity index (χ0n) is 15.1. The summed E-state index contributed by atoms with van der Waals surface area (Å²) < 4.78 is 37.7. The molecule has 0 bridgehead atoms. The molecule has 4 nitrogen and oxygen atoms in total. The number of carbonyl (C=O) groups is 1. The Bertz CT molecular complexity index is 773. The molecule has 27 heavy (non-hydrogen) atoms. The normalized spacial score (nSPS) is 16.4. The molecule has 0 atom stereocenters. The molecule has 0 saturated carbocycles. The second-order valence-corrected chi connectivity index (χ2v) is 7.67. The van der Waals surface area contributed by atoms with Gasteiger partial charge in [0.1, 0.15) is 5.01 Å². The fraction of sp³-hybridized carbons (Fsp3) is 0.474. The van der Waals surface area contributed by atoms with Gasteiger partial charge < -0.3 is 4.90 Å². The first-order valence-corrected chi connectivity index (χ1v) is 9.76. The van der Waals surface area contributed by atoms with Crippen molar-refractivity contribution in [1.29, 1.82) is 0 Å². The monoisotopic (exact) mass is 397 g/mol. The fourth-order valence-corrected chi connectivity index (χ4v) is 3.94. The molecular weight excluding hydrogens is 375 g/mol. The first-order chi connectivity index (χ1) is 12.8. The minimum Gasteiger partial charge on any atom is -0.341 e. The summed E-state index contributed by atoms with van der Waals surface area (Å²) >= 11 is 1.49. The highest BCUT2D eigenvalue weighted by atomic mass is 32.1. The van der Waals surface area contributed by atoms with Crippen molar-refractivity contribution >= 4 is 17.2 Å². The zero-order valence-corrected chi connectivity index (χ0v) is 15.9. The van der Waals surface area contributed by atoms with E-state index >= 15 is 0 Å². The number of hydrogen-bond donors (Lipinski definition) is 0. The molecule has 1 aromatic heterocycles. The van der Waals surface area contributed by atoms with Crippen LogP contribution in [-0.4, -0.2) is 59.6 Å². The Morgan fingerprint density at radius 3 is 2.59 bits per heavy atom. The largest absolute Gasteiger partial charge is 0.401 e. The molecule has 146 valence electrons. The van der Waals surface area contributed by atoms with Crippen LogP contribution in [0.15, 0.2) is 29.6 Å². The molecule has 0 unspecified atom stereocenters. The van der Waals surface area contributed by atoms with E-state index in [-0.39, 0.29) is 18.9 Å². The van der Waals surface area contributed by atoms with Gasteiger partial charge in [-0.1, -0.05) is 29.8 Å². The van der Waals surface area contributed by atoms with Crippen molar-refractivity contribution in [3.05, 3.63) is 40.9 Å². The summed E-state index contributed by atoms with van der Waals surface area (Å²) in [5.74, 6) is -0.0791. The van der Waals surface area contributed by atoms with Gasteiger partial charge in [0.25, 0.3) is 0 Å². The lowest BCUT2D eigenvalue weighted by Crippen LogP contribution is -2.39. The number of halogens is 3. The number of aromatic nitrogens is 1. The second kappa shape index (κ2) is 8.39. The quantitative estimate of drug-likeness (QED) is 0.788. The number of hydrogen-bond acceptors (Lipinski definition) is 4. The summed E-state index contributed by atoms with van der Waals surface area (Å²) in [5, 5.41) is 2.74. The van der Waals surface area contributed by atoms with Crippen molar-refractivity contribution in [2.24, 2.45) is 0 Å². The number of aryl methyl sites for hydroxylation is 1. The molecule has 1 amide bonds. The van der Waals surface area contributed by atoms with Gasteiger partial charge in [-0.2, -0.15) is 13.2 Å². The van der Waals surface area contributed by atoms with Gasteiger partial charge >= 0.3 is 6.18 Å². The summed E-state index contributed by atoms with van der Waals surface area (Å²) in [7, 11) is 0. The van der Waals surface area contributed by atoms with Gasteiger partial charge in [-0.3, -0.25) is 9.69 Å². The highest BCUT2D eigenvalue weighted by molar-refractivity contribution is 7.13. The van der Waals surface area contributed by atoms with Crippen LogP contribution in [0.25, 0.3) is 10.6 Å². The van der Waals surface area contributed by atoms with Gasteiger partial charge in [-0.15, -0.1) is 11.3 Å². The number of nitrogens with zero attached hydrogens (tertiary/aromatic N) is 3. The van der Waals surface area contributed by atoms with Crippen molar-refractivity contribution in [3.8, 4) is 10.6 Å². The third-order valence-electron chi connectivity index (χ3n) is 4.53. The Balaban J connectivity index is 1.57. The predicted octanol–water partition coefficient (Wildman–Crippen LogP) is 3.76. The molecule has 1 fully saturated rings. The maximum atomic E-state index is 12.6. The number of thiazole rings is 1. The van der Waals surface area contributed by atoms with E-state index in [0.717, 1.165) is 10.6 Å². The molecule has 0 spiro atoms. The molecule has 0 radical (unpaired) electrons. The van der Waals surface area contributed by atoms with Crippen LogP contribution >= 0.6 is 11.3 Å².